The Morgan fingerprint density at radius 1 is 1.30 bits per heavy atom. The molecule has 1 heterocycles. The molecule has 2 N–H and O–H groups in total. The Morgan fingerprint density at radius 3 is 2.70 bits per heavy atom. The number of nitrogens with one attached hydrogen (secondary N) is 2. The van der Waals surface area contributed by atoms with Gasteiger partial charge in [-0.05, 0) is 30.4 Å². The number of hydrogen-bond donors (Lipinski definition) is 2. The van der Waals surface area contributed by atoms with E-state index >= 15 is 0 Å². The summed E-state index contributed by atoms with van der Waals surface area (Å²) in [6.45, 7) is 9.00. The molecule has 27 heavy (non-hydrogen) atoms. The van der Waals surface area contributed by atoms with Crippen LogP contribution in [0.3, 0.4) is 0 Å². The number of halogens is 1. The van der Waals surface area contributed by atoms with Crippen molar-refractivity contribution in [2.75, 3.05) is 39.9 Å². The second-order valence-electron chi connectivity index (χ2n) is 8.00. The molecule has 150 valence electrons. The lowest BCUT2D eigenvalue weighted by Crippen LogP contribution is -2.51. The lowest BCUT2D eigenvalue weighted by Gasteiger charge is -2.35. The monoisotopic (exact) mass is 376 g/mol. The summed E-state index contributed by atoms with van der Waals surface area (Å²) in [5, 5.41) is 6.95. The van der Waals surface area contributed by atoms with Gasteiger partial charge in [-0.3, -0.25) is 9.89 Å². The van der Waals surface area contributed by atoms with Crippen molar-refractivity contribution in [2.45, 2.75) is 44.7 Å². The van der Waals surface area contributed by atoms with Crippen LogP contribution in [0.2, 0.25) is 0 Å². The standard InChI is InChI=1S/C21H33FN4O/c1-15(2)12-16(26-8-10-27-11-9-26)14-24-21(23-3)25-20-13-18(20)17-6-4-5-7-19(17)22/h4-7,15-16,18,20H,8-14H2,1-3H3,(H2,23,24,25). The van der Waals surface area contributed by atoms with Crippen molar-refractivity contribution in [3.8, 4) is 0 Å². The van der Waals surface area contributed by atoms with Gasteiger partial charge in [0.1, 0.15) is 5.82 Å². The molecule has 1 aliphatic carbocycles. The number of benzene rings is 1. The number of nitrogens with zero attached hydrogens (tertiary/aromatic N) is 2. The highest BCUT2D eigenvalue weighted by atomic mass is 19.1. The molecule has 0 spiro atoms. The van der Waals surface area contributed by atoms with Crippen LogP contribution in [-0.4, -0.2) is 62.8 Å². The Bertz CT molecular complexity index is 630. The minimum absolute atomic E-state index is 0.112. The summed E-state index contributed by atoms with van der Waals surface area (Å²) in [6.07, 6.45) is 2.09. The maximum absolute atomic E-state index is 14.0. The van der Waals surface area contributed by atoms with E-state index in [0.717, 1.165) is 57.2 Å². The van der Waals surface area contributed by atoms with Crippen molar-refractivity contribution in [3.05, 3.63) is 35.6 Å². The van der Waals surface area contributed by atoms with Crippen molar-refractivity contribution in [1.29, 1.82) is 0 Å². The average Bonchev–Trinajstić information content (AvgIpc) is 3.43. The van der Waals surface area contributed by atoms with E-state index in [2.05, 4.69) is 34.4 Å². The van der Waals surface area contributed by atoms with Gasteiger partial charge in [-0.2, -0.15) is 0 Å². The zero-order valence-corrected chi connectivity index (χ0v) is 16.7. The van der Waals surface area contributed by atoms with E-state index < -0.39 is 0 Å². The second-order valence-corrected chi connectivity index (χ2v) is 8.00. The van der Waals surface area contributed by atoms with Crippen molar-refractivity contribution in [1.82, 2.24) is 15.5 Å². The molecule has 1 saturated heterocycles. The fraction of sp³-hybridized carbons (Fsp3) is 0.667. The summed E-state index contributed by atoms with van der Waals surface area (Å²) in [5.41, 5.74) is 0.802. The third-order valence-electron chi connectivity index (χ3n) is 5.45. The van der Waals surface area contributed by atoms with Crippen LogP contribution in [0.25, 0.3) is 0 Å². The van der Waals surface area contributed by atoms with Crippen LogP contribution in [0.5, 0.6) is 0 Å². The summed E-state index contributed by atoms with van der Waals surface area (Å²) in [5.74, 6) is 1.57. The van der Waals surface area contributed by atoms with Crippen molar-refractivity contribution >= 4 is 5.96 Å². The van der Waals surface area contributed by atoms with Crippen LogP contribution in [0.1, 0.15) is 38.2 Å². The van der Waals surface area contributed by atoms with Gasteiger partial charge in [0.15, 0.2) is 5.96 Å². The predicted octanol–water partition coefficient (Wildman–Crippen LogP) is 2.59. The Balaban J connectivity index is 1.51. The van der Waals surface area contributed by atoms with E-state index in [0.29, 0.717) is 12.0 Å². The van der Waals surface area contributed by atoms with Gasteiger partial charge in [-0.25, -0.2) is 4.39 Å². The number of ether oxygens (including phenoxy) is 1. The van der Waals surface area contributed by atoms with Gasteiger partial charge in [0.25, 0.3) is 0 Å². The molecule has 0 radical (unpaired) electrons. The molecule has 3 rings (SSSR count). The third kappa shape index (κ3) is 5.66. The fourth-order valence-corrected chi connectivity index (χ4v) is 3.91. The zero-order chi connectivity index (χ0) is 19.2. The van der Waals surface area contributed by atoms with Crippen molar-refractivity contribution in [2.24, 2.45) is 10.9 Å². The van der Waals surface area contributed by atoms with Gasteiger partial charge >= 0.3 is 0 Å². The van der Waals surface area contributed by atoms with Crippen LogP contribution in [0.15, 0.2) is 29.3 Å². The van der Waals surface area contributed by atoms with Gasteiger partial charge in [0, 0.05) is 44.7 Å². The van der Waals surface area contributed by atoms with Crippen LogP contribution in [0.4, 0.5) is 4.39 Å². The van der Waals surface area contributed by atoms with Gasteiger partial charge in [0.05, 0.1) is 13.2 Å². The first kappa shape index (κ1) is 20.1. The van der Waals surface area contributed by atoms with Crippen molar-refractivity contribution in [3.63, 3.8) is 0 Å². The third-order valence-corrected chi connectivity index (χ3v) is 5.45. The van der Waals surface area contributed by atoms with Gasteiger partial charge in [-0.15, -0.1) is 0 Å². The first-order chi connectivity index (χ1) is 13.1. The molecular formula is C21H33FN4O. The van der Waals surface area contributed by atoms with Crippen LogP contribution in [-0.2, 0) is 4.74 Å². The molecule has 3 unspecified atom stereocenters. The molecule has 1 aromatic carbocycles. The summed E-state index contributed by atoms with van der Waals surface area (Å²) in [7, 11) is 1.79. The molecule has 0 amide bonds. The number of aliphatic imine (C=N–C) groups is 1. The quantitative estimate of drug-likeness (QED) is 0.567. The largest absolute Gasteiger partial charge is 0.379 e. The van der Waals surface area contributed by atoms with Crippen LogP contribution in [0, 0.1) is 11.7 Å². The van der Waals surface area contributed by atoms with E-state index in [1.54, 1.807) is 13.1 Å². The highest BCUT2D eigenvalue weighted by molar-refractivity contribution is 5.80. The van der Waals surface area contributed by atoms with Crippen LogP contribution >= 0.6 is 0 Å². The normalized spacial score (nSPS) is 24.7. The van der Waals surface area contributed by atoms with E-state index in [4.69, 9.17) is 4.74 Å². The number of hydrogen-bond acceptors (Lipinski definition) is 3. The minimum Gasteiger partial charge on any atom is -0.379 e. The molecule has 2 fully saturated rings. The van der Waals surface area contributed by atoms with E-state index in [-0.39, 0.29) is 17.8 Å². The van der Waals surface area contributed by atoms with E-state index in [1.165, 1.54) is 6.07 Å². The Morgan fingerprint density at radius 2 is 2.04 bits per heavy atom. The number of rotatable bonds is 7. The molecule has 1 saturated carbocycles. The van der Waals surface area contributed by atoms with Gasteiger partial charge in [0.2, 0.25) is 0 Å². The zero-order valence-electron chi connectivity index (χ0n) is 16.7. The maximum Gasteiger partial charge on any atom is 0.191 e. The highest BCUT2D eigenvalue weighted by Gasteiger charge is 2.40. The molecular weight excluding hydrogens is 343 g/mol. The number of morpholine rings is 1. The summed E-state index contributed by atoms with van der Waals surface area (Å²) in [4.78, 5) is 6.89. The summed E-state index contributed by atoms with van der Waals surface area (Å²) >= 11 is 0. The molecule has 1 aromatic rings. The van der Waals surface area contributed by atoms with Gasteiger partial charge in [-0.1, -0.05) is 32.0 Å². The molecule has 3 atom stereocenters. The Kier molecular flexibility index (Phi) is 7.07. The lowest BCUT2D eigenvalue weighted by molar-refractivity contribution is 0.0132. The molecule has 5 nitrogen and oxygen atoms in total. The smallest absolute Gasteiger partial charge is 0.191 e. The summed E-state index contributed by atoms with van der Waals surface area (Å²) in [6, 6.07) is 7.78. The van der Waals surface area contributed by atoms with Crippen molar-refractivity contribution < 1.29 is 9.13 Å². The summed E-state index contributed by atoms with van der Waals surface area (Å²) < 4.78 is 19.5. The molecule has 2 aliphatic rings. The first-order valence-electron chi connectivity index (χ1n) is 10.1. The molecule has 1 aliphatic heterocycles. The molecule has 0 bridgehead atoms. The van der Waals surface area contributed by atoms with Crippen LogP contribution < -0.4 is 10.6 Å². The molecule has 6 heteroatoms. The fourth-order valence-electron chi connectivity index (χ4n) is 3.91. The Labute approximate surface area is 162 Å². The predicted molar refractivity (Wildman–Crippen MR) is 108 cm³/mol. The molecule has 0 aromatic heterocycles. The van der Waals surface area contributed by atoms with E-state index in [1.807, 2.05) is 12.1 Å². The minimum atomic E-state index is -0.112. The maximum atomic E-state index is 14.0. The second kappa shape index (κ2) is 9.51. The average molecular weight is 377 g/mol. The first-order valence-corrected chi connectivity index (χ1v) is 10.1. The Hall–Kier alpha value is -1.66. The van der Waals surface area contributed by atoms with Gasteiger partial charge < -0.3 is 15.4 Å². The van der Waals surface area contributed by atoms with E-state index in [9.17, 15) is 4.39 Å². The SMILES string of the molecule is CN=C(NCC(CC(C)C)N1CCOCC1)NC1CC1c1ccccc1F. The lowest BCUT2D eigenvalue weighted by atomic mass is 10.0. The highest BCUT2D eigenvalue weighted by Crippen LogP contribution is 2.41. The topological polar surface area (TPSA) is 48.9 Å². The number of guanidine groups is 1.